The lowest BCUT2D eigenvalue weighted by molar-refractivity contribution is 0.312. The van der Waals surface area contributed by atoms with Gasteiger partial charge < -0.3 is 10.1 Å². The summed E-state index contributed by atoms with van der Waals surface area (Å²) in [6.45, 7) is 13.0. The quantitative estimate of drug-likeness (QED) is 0.742. The van der Waals surface area contributed by atoms with Crippen molar-refractivity contribution in [3.05, 3.63) is 29.8 Å². The Kier molecular flexibility index (Phi) is 6.36. The molecule has 0 aliphatic carbocycles. The number of ether oxygens (including phenoxy) is 1. The number of hydrogen-bond acceptors (Lipinski definition) is 2. The zero-order valence-corrected chi connectivity index (χ0v) is 13.1. The minimum atomic E-state index is 0.360. The van der Waals surface area contributed by atoms with E-state index in [0.717, 1.165) is 25.3 Å². The summed E-state index contributed by atoms with van der Waals surface area (Å²) in [5, 5.41) is 3.61. The molecule has 1 N–H and O–H groups in total. The Bertz CT molecular complexity index is 356. The molecule has 0 heterocycles. The predicted molar refractivity (Wildman–Crippen MR) is 82.7 cm³/mol. The molecule has 0 saturated carbocycles. The van der Waals surface area contributed by atoms with Crippen molar-refractivity contribution >= 4 is 0 Å². The van der Waals surface area contributed by atoms with E-state index >= 15 is 0 Å². The van der Waals surface area contributed by atoms with Crippen molar-refractivity contribution in [2.75, 3.05) is 13.2 Å². The molecule has 0 aromatic heterocycles. The van der Waals surface area contributed by atoms with Gasteiger partial charge in [0.2, 0.25) is 0 Å². The van der Waals surface area contributed by atoms with Crippen LogP contribution in [0, 0.1) is 5.41 Å². The molecule has 0 aliphatic heterocycles. The van der Waals surface area contributed by atoms with Gasteiger partial charge in [-0.15, -0.1) is 0 Å². The van der Waals surface area contributed by atoms with E-state index in [4.69, 9.17) is 4.74 Å². The molecule has 0 aliphatic rings. The van der Waals surface area contributed by atoms with Crippen molar-refractivity contribution in [1.29, 1.82) is 0 Å². The second-order valence-electron chi connectivity index (χ2n) is 6.04. The van der Waals surface area contributed by atoms with Gasteiger partial charge in [0.05, 0.1) is 6.61 Å². The van der Waals surface area contributed by atoms with E-state index in [0.29, 0.717) is 11.5 Å². The summed E-state index contributed by atoms with van der Waals surface area (Å²) < 4.78 is 5.60. The van der Waals surface area contributed by atoms with Gasteiger partial charge in [-0.2, -0.15) is 0 Å². The summed E-state index contributed by atoms with van der Waals surface area (Å²) in [6, 6.07) is 8.82. The van der Waals surface area contributed by atoms with Crippen LogP contribution in [0.4, 0.5) is 0 Å². The molecule has 1 aromatic rings. The van der Waals surface area contributed by atoms with Gasteiger partial charge in [-0.25, -0.2) is 0 Å². The van der Waals surface area contributed by atoms with Crippen LogP contribution in [0.15, 0.2) is 24.3 Å². The highest BCUT2D eigenvalue weighted by Crippen LogP contribution is 2.22. The Morgan fingerprint density at radius 3 is 2.32 bits per heavy atom. The van der Waals surface area contributed by atoms with Crippen LogP contribution in [0.1, 0.15) is 59.1 Å². The fourth-order valence-electron chi connectivity index (χ4n) is 1.74. The normalized spacial score (nSPS) is 13.3. The Morgan fingerprint density at radius 2 is 1.79 bits per heavy atom. The number of rotatable bonds is 8. The zero-order valence-electron chi connectivity index (χ0n) is 13.1. The molecule has 0 bridgehead atoms. The third-order valence-corrected chi connectivity index (χ3v) is 3.70. The maximum Gasteiger partial charge on any atom is 0.119 e. The van der Waals surface area contributed by atoms with Gasteiger partial charge in [0.1, 0.15) is 5.75 Å². The molecular formula is C17H29NO. The maximum atomic E-state index is 5.60. The second kappa shape index (κ2) is 7.54. The molecule has 0 spiro atoms. The average Bonchev–Trinajstić information content (AvgIpc) is 2.43. The average molecular weight is 263 g/mol. The molecule has 0 fully saturated rings. The van der Waals surface area contributed by atoms with E-state index in [1.54, 1.807) is 0 Å². The standard InChI is InChI=1S/C17H29NO/c1-6-12-19-16-10-8-15(9-11-16)14(3)18-13-17(4,5)7-2/h8-11,14,18H,6-7,12-13H2,1-5H3. The summed E-state index contributed by atoms with van der Waals surface area (Å²) in [4.78, 5) is 0. The van der Waals surface area contributed by atoms with Crippen LogP contribution in [0.2, 0.25) is 0 Å². The zero-order chi connectivity index (χ0) is 14.3. The van der Waals surface area contributed by atoms with Crippen LogP contribution in [0.3, 0.4) is 0 Å². The Balaban J connectivity index is 2.50. The van der Waals surface area contributed by atoms with Gasteiger partial charge in [-0.1, -0.05) is 39.8 Å². The lowest BCUT2D eigenvalue weighted by atomic mass is 9.90. The summed E-state index contributed by atoms with van der Waals surface area (Å²) >= 11 is 0. The first-order chi connectivity index (χ1) is 8.98. The summed E-state index contributed by atoms with van der Waals surface area (Å²) in [5.74, 6) is 0.965. The van der Waals surface area contributed by atoms with E-state index in [1.807, 2.05) is 0 Å². The third kappa shape index (κ3) is 5.65. The molecule has 108 valence electrons. The van der Waals surface area contributed by atoms with E-state index in [-0.39, 0.29) is 0 Å². The summed E-state index contributed by atoms with van der Waals surface area (Å²) in [5.41, 5.74) is 1.68. The fourth-order valence-corrected chi connectivity index (χ4v) is 1.74. The van der Waals surface area contributed by atoms with Gasteiger partial charge in [-0.3, -0.25) is 0 Å². The highest BCUT2D eigenvalue weighted by molar-refractivity contribution is 5.28. The Morgan fingerprint density at radius 1 is 1.16 bits per heavy atom. The summed E-state index contributed by atoms with van der Waals surface area (Å²) in [7, 11) is 0. The van der Waals surface area contributed by atoms with Crippen LogP contribution in [-0.4, -0.2) is 13.2 Å². The molecule has 1 unspecified atom stereocenters. The van der Waals surface area contributed by atoms with Crippen LogP contribution in [0.5, 0.6) is 5.75 Å². The first-order valence-corrected chi connectivity index (χ1v) is 7.44. The van der Waals surface area contributed by atoms with Crippen LogP contribution >= 0.6 is 0 Å². The van der Waals surface area contributed by atoms with Crippen molar-refractivity contribution in [3.63, 3.8) is 0 Å². The van der Waals surface area contributed by atoms with Gasteiger partial charge in [-0.05, 0) is 42.9 Å². The molecule has 1 atom stereocenters. The van der Waals surface area contributed by atoms with E-state index < -0.39 is 0 Å². The highest BCUT2D eigenvalue weighted by Gasteiger charge is 2.16. The number of benzene rings is 1. The first kappa shape index (κ1) is 16.0. The lowest BCUT2D eigenvalue weighted by Crippen LogP contribution is -2.30. The summed E-state index contributed by atoms with van der Waals surface area (Å²) in [6.07, 6.45) is 2.24. The highest BCUT2D eigenvalue weighted by atomic mass is 16.5. The van der Waals surface area contributed by atoms with E-state index in [1.165, 1.54) is 12.0 Å². The number of hydrogen-bond donors (Lipinski definition) is 1. The predicted octanol–water partition coefficient (Wildman–Crippen LogP) is 4.56. The molecular weight excluding hydrogens is 234 g/mol. The largest absolute Gasteiger partial charge is 0.494 e. The SMILES string of the molecule is CCCOc1ccc(C(C)NCC(C)(C)CC)cc1. The van der Waals surface area contributed by atoms with Crippen molar-refractivity contribution in [2.45, 2.75) is 53.5 Å². The smallest absolute Gasteiger partial charge is 0.119 e. The minimum Gasteiger partial charge on any atom is -0.494 e. The van der Waals surface area contributed by atoms with Crippen LogP contribution < -0.4 is 10.1 Å². The van der Waals surface area contributed by atoms with Crippen molar-refractivity contribution < 1.29 is 4.74 Å². The topological polar surface area (TPSA) is 21.3 Å². The molecule has 0 radical (unpaired) electrons. The molecule has 19 heavy (non-hydrogen) atoms. The number of nitrogens with one attached hydrogen (secondary N) is 1. The van der Waals surface area contributed by atoms with E-state index in [2.05, 4.69) is 64.2 Å². The van der Waals surface area contributed by atoms with Gasteiger partial charge >= 0.3 is 0 Å². The molecule has 0 saturated heterocycles. The van der Waals surface area contributed by atoms with Crippen LogP contribution in [-0.2, 0) is 0 Å². The first-order valence-electron chi connectivity index (χ1n) is 7.44. The maximum absolute atomic E-state index is 5.60. The fraction of sp³-hybridized carbons (Fsp3) is 0.647. The van der Waals surface area contributed by atoms with Crippen molar-refractivity contribution in [2.24, 2.45) is 5.41 Å². The second-order valence-corrected chi connectivity index (χ2v) is 6.04. The monoisotopic (exact) mass is 263 g/mol. The van der Waals surface area contributed by atoms with Crippen LogP contribution in [0.25, 0.3) is 0 Å². The van der Waals surface area contributed by atoms with E-state index in [9.17, 15) is 0 Å². The van der Waals surface area contributed by atoms with Crippen molar-refractivity contribution in [3.8, 4) is 5.75 Å². The lowest BCUT2D eigenvalue weighted by Gasteiger charge is -2.26. The molecule has 1 aromatic carbocycles. The van der Waals surface area contributed by atoms with Crippen molar-refractivity contribution in [1.82, 2.24) is 5.32 Å². The molecule has 2 heteroatoms. The third-order valence-electron chi connectivity index (χ3n) is 3.70. The minimum absolute atomic E-state index is 0.360. The van der Waals surface area contributed by atoms with Gasteiger partial charge in [0.15, 0.2) is 0 Å². The van der Waals surface area contributed by atoms with Gasteiger partial charge in [0.25, 0.3) is 0 Å². The Labute approximate surface area is 118 Å². The molecule has 0 amide bonds. The molecule has 1 rings (SSSR count). The Hall–Kier alpha value is -1.02. The molecule has 2 nitrogen and oxygen atoms in total. The van der Waals surface area contributed by atoms with Gasteiger partial charge in [0, 0.05) is 12.6 Å².